The zero-order chi connectivity index (χ0) is 16.1. The lowest BCUT2D eigenvalue weighted by molar-refractivity contribution is -0.127. The molecule has 0 spiro atoms. The third-order valence-electron chi connectivity index (χ3n) is 5.86. The van der Waals surface area contributed by atoms with Crippen LogP contribution in [0.25, 0.3) is 0 Å². The van der Waals surface area contributed by atoms with Crippen molar-refractivity contribution in [2.24, 2.45) is 0 Å². The molecule has 0 aromatic heterocycles. The molecule has 0 aliphatic carbocycles. The molecule has 3 aliphatic heterocycles. The normalized spacial score (nSPS) is 29.5. The maximum atomic E-state index is 12.4. The van der Waals surface area contributed by atoms with Crippen LogP contribution < -0.4 is 5.32 Å². The van der Waals surface area contributed by atoms with Crippen molar-refractivity contribution in [3.05, 3.63) is 0 Å². The fourth-order valence-electron chi connectivity index (χ4n) is 4.26. The van der Waals surface area contributed by atoms with Crippen LogP contribution in [-0.4, -0.2) is 73.2 Å². The number of rotatable bonds is 5. The SMILES string of the molecule is C[C@H](C(=O)NC[C@@H]1CCCO1)N1CCC(N2CCCCC2)CC1. The lowest BCUT2D eigenvalue weighted by Crippen LogP contribution is -2.52. The van der Waals surface area contributed by atoms with Crippen LogP contribution >= 0.6 is 0 Å². The molecule has 0 radical (unpaired) electrons. The molecule has 2 atom stereocenters. The molecule has 0 saturated carbocycles. The standard InChI is InChI=1S/C18H33N3O2/c1-15(18(22)19-14-17-6-5-13-23-17)20-11-7-16(8-12-20)21-9-3-2-4-10-21/h15-17H,2-14H2,1H3,(H,19,22)/t15-,17+/m1/s1. The molecule has 0 bridgehead atoms. The largest absolute Gasteiger partial charge is 0.376 e. The molecule has 5 nitrogen and oxygen atoms in total. The molecule has 3 aliphatic rings. The van der Waals surface area contributed by atoms with E-state index in [1.165, 1.54) is 45.2 Å². The van der Waals surface area contributed by atoms with Gasteiger partial charge in [-0.1, -0.05) is 6.42 Å². The molecule has 3 rings (SSSR count). The average molecular weight is 323 g/mol. The number of amides is 1. The molecular formula is C18H33N3O2. The lowest BCUT2D eigenvalue weighted by atomic mass is 9.99. The highest BCUT2D eigenvalue weighted by atomic mass is 16.5. The van der Waals surface area contributed by atoms with Gasteiger partial charge in [-0.05, 0) is 58.5 Å². The summed E-state index contributed by atoms with van der Waals surface area (Å²) >= 11 is 0. The molecule has 0 aromatic rings. The van der Waals surface area contributed by atoms with Gasteiger partial charge in [0.1, 0.15) is 0 Å². The topological polar surface area (TPSA) is 44.8 Å². The molecule has 132 valence electrons. The predicted octanol–water partition coefficient (Wildman–Crippen LogP) is 1.62. The van der Waals surface area contributed by atoms with Gasteiger partial charge in [-0.15, -0.1) is 0 Å². The summed E-state index contributed by atoms with van der Waals surface area (Å²) in [5.41, 5.74) is 0. The molecule has 1 N–H and O–H groups in total. The van der Waals surface area contributed by atoms with E-state index in [-0.39, 0.29) is 18.1 Å². The molecule has 23 heavy (non-hydrogen) atoms. The maximum absolute atomic E-state index is 12.4. The van der Waals surface area contributed by atoms with Crippen LogP contribution in [0, 0.1) is 0 Å². The molecule has 3 heterocycles. The van der Waals surface area contributed by atoms with Crippen molar-refractivity contribution in [2.45, 2.75) is 70.1 Å². The summed E-state index contributed by atoms with van der Waals surface area (Å²) in [6.07, 6.45) is 8.99. The van der Waals surface area contributed by atoms with E-state index in [4.69, 9.17) is 4.74 Å². The number of carbonyl (C=O) groups excluding carboxylic acids is 1. The second-order valence-electron chi connectivity index (χ2n) is 7.42. The third kappa shape index (κ3) is 4.68. The maximum Gasteiger partial charge on any atom is 0.237 e. The van der Waals surface area contributed by atoms with E-state index in [0.29, 0.717) is 6.54 Å². The molecule has 5 heteroatoms. The first-order valence-corrected chi connectivity index (χ1v) is 9.61. The van der Waals surface area contributed by atoms with Gasteiger partial charge in [0, 0.05) is 32.3 Å². The number of nitrogens with one attached hydrogen (secondary N) is 1. The summed E-state index contributed by atoms with van der Waals surface area (Å²) in [5, 5.41) is 3.08. The van der Waals surface area contributed by atoms with Gasteiger partial charge in [0.25, 0.3) is 0 Å². The van der Waals surface area contributed by atoms with Gasteiger partial charge in [-0.25, -0.2) is 0 Å². The zero-order valence-electron chi connectivity index (χ0n) is 14.6. The molecule has 1 amide bonds. The van der Waals surface area contributed by atoms with E-state index in [0.717, 1.165) is 38.6 Å². The first kappa shape index (κ1) is 17.2. The fourth-order valence-corrected chi connectivity index (χ4v) is 4.26. The summed E-state index contributed by atoms with van der Waals surface area (Å²) in [5.74, 6) is 0.164. The number of nitrogens with zero attached hydrogens (tertiary/aromatic N) is 2. The van der Waals surface area contributed by atoms with Crippen LogP contribution in [-0.2, 0) is 9.53 Å². The van der Waals surface area contributed by atoms with Crippen LogP contribution in [0.1, 0.15) is 51.9 Å². The summed E-state index contributed by atoms with van der Waals surface area (Å²) in [6, 6.07) is 0.729. The predicted molar refractivity (Wildman–Crippen MR) is 91.5 cm³/mol. The Balaban J connectivity index is 1.38. The Labute approximate surface area is 140 Å². The van der Waals surface area contributed by atoms with Crippen molar-refractivity contribution in [1.82, 2.24) is 15.1 Å². The second-order valence-corrected chi connectivity index (χ2v) is 7.42. The van der Waals surface area contributed by atoms with E-state index >= 15 is 0 Å². The second kappa shape index (κ2) is 8.45. The van der Waals surface area contributed by atoms with E-state index < -0.39 is 0 Å². The summed E-state index contributed by atoms with van der Waals surface area (Å²) in [4.78, 5) is 17.4. The van der Waals surface area contributed by atoms with Crippen LogP contribution in [0.15, 0.2) is 0 Å². The van der Waals surface area contributed by atoms with Gasteiger partial charge in [0.2, 0.25) is 5.91 Å². The average Bonchev–Trinajstić information content (AvgIpc) is 3.13. The molecule has 3 fully saturated rings. The van der Waals surface area contributed by atoms with Crippen molar-refractivity contribution in [3.63, 3.8) is 0 Å². The highest BCUT2D eigenvalue weighted by Crippen LogP contribution is 2.22. The quantitative estimate of drug-likeness (QED) is 0.835. The van der Waals surface area contributed by atoms with Crippen LogP contribution in [0.2, 0.25) is 0 Å². The Morgan fingerprint density at radius 1 is 1.09 bits per heavy atom. The summed E-state index contributed by atoms with van der Waals surface area (Å²) < 4.78 is 5.58. The number of hydrogen-bond donors (Lipinski definition) is 1. The first-order chi connectivity index (χ1) is 11.2. The van der Waals surface area contributed by atoms with E-state index in [1.54, 1.807) is 0 Å². The van der Waals surface area contributed by atoms with Crippen LogP contribution in [0.5, 0.6) is 0 Å². The Hall–Kier alpha value is -0.650. The molecule has 3 saturated heterocycles. The molecule has 0 unspecified atom stereocenters. The van der Waals surface area contributed by atoms with Crippen molar-refractivity contribution in [3.8, 4) is 0 Å². The highest BCUT2D eigenvalue weighted by Gasteiger charge is 2.30. The molecular weight excluding hydrogens is 290 g/mol. The third-order valence-corrected chi connectivity index (χ3v) is 5.86. The van der Waals surface area contributed by atoms with Crippen LogP contribution in [0.3, 0.4) is 0 Å². The smallest absolute Gasteiger partial charge is 0.237 e. The Bertz CT molecular complexity index is 370. The number of ether oxygens (including phenoxy) is 1. The van der Waals surface area contributed by atoms with Gasteiger partial charge in [0.05, 0.1) is 12.1 Å². The van der Waals surface area contributed by atoms with Crippen molar-refractivity contribution >= 4 is 5.91 Å². The summed E-state index contributed by atoms with van der Waals surface area (Å²) in [6.45, 7) is 8.23. The minimum atomic E-state index is -0.0151. The lowest BCUT2D eigenvalue weighted by Gasteiger charge is -2.41. The minimum absolute atomic E-state index is 0.0151. The van der Waals surface area contributed by atoms with Gasteiger partial charge < -0.3 is 15.0 Å². The van der Waals surface area contributed by atoms with E-state index in [1.807, 2.05) is 6.92 Å². The monoisotopic (exact) mass is 323 g/mol. The zero-order valence-corrected chi connectivity index (χ0v) is 14.6. The Morgan fingerprint density at radius 2 is 1.83 bits per heavy atom. The number of carbonyl (C=O) groups is 1. The highest BCUT2D eigenvalue weighted by molar-refractivity contribution is 5.81. The van der Waals surface area contributed by atoms with Crippen molar-refractivity contribution in [2.75, 3.05) is 39.3 Å². The minimum Gasteiger partial charge on any atom is -0.376 e. The van der Waals surface area contributed by atoms with Gasteiger partial charge in [-0.2, -0.15) is 0 Å². The number of piperidine rings is 2. The first-order valence-electron chi connectivity index (χ1n) is 9.61. The summed E-state index contributed by atoms with van der Waals surface area (Å²) in [7, 11) is 0. The Morgan fingerprint density at radius 3 is 2.48 bits per heavy atom. The van der Waals surface area contributed by atoms with Gasteiger partial charge in [0.15, 0.2) is 0 Å². The fraction of sp³-hybridized carbons (Fsp3) is 0.944. The van der Waals surface area contributed by atoms with Crippen molar-refractivity contribution < 1.29 is 9.53 Å². The van der Waals surface area contributed by atoms with E-state index in [9.17, 15) is 4.79 Å². The van der Waals surface area contributed by atoms with E-state index in [2.05, 4.69) is 15.1 Å². The van der Waals surface area contributed by atoms with Gasteiger partial charge in [-0.3, -0.25) is 9.69 Å². The van der Waals surface area contributed by atoms with Crippen LogP contribution in [0.4, 0.5) is 0 Å². The van der Waals surface area contributed by atoms with Gasteiger partial charge >= 0.3 is 0 Å². The van der Waals surface area contributed by atoms with Crippen molar-refractivity contribution in [1.29, 1.82) is 0 Å². The Kier molecular flexibility index (Phi) is 6.31. The number of hydrogen-bond acceptors (Lipinski definition) is 4. The number of likely N-dealkylation sites (tertiary alicyclic amines) is 2. The molecule has 0 aromatic carbocycles.